The van der Waals surface area contributed by atoms with E-state index >= 15 is 0 Å². The molecule has 1 amide bonds. The van der Waals surface area contributed by atoms with Gasteiger partial charge in [0.15, 0.2) is 5.78 Å². The zero-order valence-electron chi connectivity index (χ0n) is 11.3. The Morgan fingerprint density at radius 1 is 1.17 bits per heavy atom. The van der Waals surface area contributed by atoms with Crippen LogP contribution in [0.1, 0.15) is 34.3 Å². The van der Waals surface area contributed by atoms with E-state index < -0.39 is 0 Å². The van der Waals surface area contributed by atoms with E-state index in [4.69, 9.17) is 4.74 Å². The Hall–Kier alpha value is -1.84. The van der Waals surface area contributed by atoms with E-state index in [1.54, 1.807) is 14.2 Å². The molecule has 0 aliphatic rings. The lowest BCUT2D eigenvalue weighted by molar-refractivity contribution is -0.120. The Morgan fingerprint density at radius 3 is 2.33 bits per heavy atom. The second-order valence-electron chi connectivity index (χ2n) is 4.23. The van der Waals surface area contributed by atoms with Crippen LogP contribution >= 0.6 is 0 Å². The molecule has 1 aromatic carbocycles. The van der Waals surface area contributed by atoms with Crippen molar-refractivity contribution in [2.45, 2.75) is 26.7 Å². The van der Waals surface area contributed by atoms with Crippen LogP contribution in [0.15, 0.2) is 12.1 Å². The van der Waals surface area contributed by atoms with Crippen LogP contribution in [0.5, 0.6) is 5.75 Å². The molecule has 0 aliphatic carbocycles. The maximum absolute atomic E-state index is 12.0. The van der Waals surface area contributed by atoms with Gasteiger partial charge in [0.05, 0.1) is 12.7 Å². The largest absolute Gasteiger partial charge is 0.496 e. The smallest absolute Gasteiger partial charge is 0.220 e. The summed E-state index contributed by atoms with van der Waals surface area (Å²) in [5.41, 5.74) is 2.67. The average molecular weight is 249 g/mol. The predicted molar refractivity (Wildman–Crippen MR) is 70.1 cm³/mol. The quantitative estimate of drug-likeness (QED) is 0.812. The number of carbonyl (C=O) groups is 2. The molecule has 1 rings (SSSR count). The number of carbonyl (C=O) groups excluding carboxylic acids is 2. The zero-order valence-corrected chi connectivity index (χ0v) is 11.3. The highest BCUT2D eigenvalue weighted by Crippen LogP contribution is 2.24. The molecule has 0 saturated carbocycles. The summed E-state index contributed by atoms with van der Waals surface area (Å²) in [7, 11) is 3.10. The normalized spacial score (nSPS) is 10.0. The summed E-state index contributed by atoms with van der Waals surface area (Å²) in [6.45, 7) is 3.92. The Balaban J connectivity index is 2.91. The third kappa shape index (κ3) is 3.32. The van der Waals surface area contributed by atoms with Gasteiger partial charge in [-0.3, -0.25) is 9.59 Å². The number of amides is 1. The van der Waals surface area contributed by atoms with Gasteiger partial charge >= 0.3 is 0 Å². The second kappa shape index (κ2) is 6.19. The fourth-order valence-corrected chi connectivity index (χ4v) is 1.66. The minimum atomic E-state index is -0.133. The number of hydrogen-bond acceptors (Lipinski definition) is 3. The second-order valence-corrected chi connectivity index (χ2v) is 4.23. The van der Waals surface area contributed by atoms with Gasteiger partial charge in [-0.1, -0.05) is 0 Å². The molecule has 0 aromatic heterocycles. The van der Waals surface area contributed by atoms with E-state index in [2.05, 4.69) is 5.32 Å². The molecule has 4 nitrogen and oxygen atoms in total. The van der Waals surface area contributed by atoms with Crippen molar-refractivity contribution in [1.29, 1.82) is 0 Å². The van der Waals surface area contributed by atoms with Crippen molar-refractivity contribution in [2.75, 3.05) is 14.2 Å². The summed E-state index contributed by atoms with van der Waals surface area (Å²) in [6.07, 6.45) is 0.393. The lowest BCUT2D eigenvalue weighted by atomic mass is 10.00. The van der Waals surface area contributed by atoms with Gasteiger partial charge in [-0.15, -0.1) is 0 Å². The van der Waals surface area contributed by atoms with Crippen molar-refractivity contribution in [3.63, 3.8) is 0 Å². The van der Waals surface area contributed by atoms with Gasteiger partial charge in [0.25, 0.3) is 0 Å². The maximum Gasteiger partial charge on any atom is 0.220 e. The Labute approximate surface area is 107 Å². The SMILES string of the molecule is CNC(=O)CCC(=O)c1cc(C)c(C)cc1OC. The van der Waals surface area contributed by atoms with Crippen LogP contribution in [0, 0.1) is 13.8 Å². The van der Waals surface area contributed by atoms with E-state index in [0.717, 1.165) is 11.1 Å². The third-order valence-electron chi connectivity index (χ3n) is 2.97. The Bertz CT molecular complexity index is 466. The number of rotatable bonds is 5. The van der Waals surface area contributed by atoms with Crippen molar-refractivity contribution in [1.82, 2.24) is 5.32 Å². The molecule has 0 fully saturated rings. The van der Waals surface area contributed by atoms with Crippen LogP contribution < -0.4 is 10.1 Å². The molecule has 98 valence electrons. The number of nitrogens with one attached hydrogen (secondary N) is 1. The molecule has 0 heterocycles. The van der Waals surface area contributed by atoms with Gasteiger partial charge in [0.2, 0.25) is 5.91 Å². The molecule has 0 bridgehead atoms. The summed E-state index contributed by atoms with van der Waals surface area (Å²) in [4.78, 5) is 23.2. The molecule has 1 aromatic rings. The van der Waals surface area contributed by atoms with Crippen LogP contribution in [0.2, 0.25) is 0 Å². The van der Waals surface area contributed by atoms with Crippen LogP contribution in [0.4, 0.5) is 0 Å². The summed E-state index contributed by atoms with van der Waals surface area (Å²) >= 11 is 0. The van der Waals surface area contributed by atoms with Gasteiger partial charge in [-0.2, -0.15) is 0 Å². The number of aryl methyl sites for hydroxylation is 2. The fraction of sp³-hybridized carbons (Fsp3) is 0.429. The van der Waals surface area contributed by atoms with Crippen molar-refractivity contribution < 1.29 is 14.3 Å². The molecule has 18 heavy (non-hydrogen) atoms. The summed E-state index contributed by atoms with van der Waals surface area (Å²) < 4.78 is 5.21. The predicted octanol–water partition coefficient (Wildman–Crippen LogP) is 2.02. The van der Waals surface area contributed by atoms with E-state index in [9.17, 15) is 9.59 Å². The Kier molecular flexibility index (Phi) is 4.89. The van der Waals surface area contributed by atoms with Gasteiger partial charge in [0, 0.05) is 19.9 Å². The summed E-state index contributed by atoms with van der Waals surface area (Å²) in [5.74, 6) is 0.365. The number of Topliss-reactive ketones (excluding diaryl/α,β-unsaturated/α-hetero) is 1. The topological polar surface area (TPSA) is 55.4 Å². The highest BCUT2D eigenvalue weighted by Gasteiger charge is 2.14. The molecule has 0 spiro atoms. The summed E-state index contributed by atoms with van der Waals surface area (Å²) in [5, 5.41) is 2.50. The van der Waals surface area contributed by atoms with Gasteiger partial charge in [-0.25, -0.2) is 0 Å². The number of hydrogen-bond donors (Lipinski definition) is 1. The van der Waals surface area contributed by atoms with Crippen LogP contribution in [-0.4, -0.2) is 25.8 Å². The van der Waals surface area contributed by atoms with E-state index in [-0.39, 0.29) is 24.5 Å². The number of ether oxygens (including phenoxy) is 1. The maximum atomic E-state index is 12.0. The minimum Gasteiger partial charge on any atom is -0.496 e. The molecule has 0 saturated heterocycles. The first-order chi connectivity index (χ1) is 8.49. The van der Waals surface area contributed by atoms with E-state index in [1.165, 1.54) is 0 Å². The zero-order chi connectivity index (χ0) is 13.7. The molecular weight excluding hydrogens is 230 g/mol. The van der Waals surface area contributed by atoms with Gasteiger partial charge < -0.3 is 10.1 Å². The van der Waals surface area contributed by atoms with Gasteiger partial charge in [0.1, 0.15) is 5.75 Å². The van der Waals surface area contributed by atoms with Crippen LogP contribution in [-0.2, 0) is 4.79 Å². The summed E-state index contributed by atoms with van der Waals surface area (Å²) in [6, 6.07) is 3.67. The van der Waals surface area contributed by atoms with Crippen molar-refractivity contribution in [3.8, 4) is 5.75 Å². The molecule has 0 atom stereocenters. The molecule has 0 unspecified atom stereocenters. The number of benzene rings is 1. The minimum absolute atomic E-state index is 0.0708. The highest BCUT2D eigenvalue weighted by molar-refractivity contribution is 6.00. The van der Waals surface area contributed by atoms with Crippen molar-refractivity contribution in [2.24, 2.45) is 0 Å². The molecule has 4 heteroatoms. The third-order valence-corrected chi connectivity index (χ3v) is 2.97. The number of ketones is 1. The Morgan fingerprint density at radius 2 is 1.78 bits per heavy atom. The van der Waals surface area contributed by atoms with E-state index in [1.807, 2.05) is 26.0 Å². The van der Waals surface area contributed by atoms with Crippen LogP contribution in [0.3, 0.4) is 0 Å². The van der Waals surface area contributed by atoms with E-state index in [0.29, 0.717) is 11.3 Å². The van der Waals surface area contributed by atoms with Gasteiger partial charge in [-0.05, 0) is 37.1 Å². The first-order valence-electron chi connectivity index (χ1n) is 5.88. The average Bonchev–Trinajstić information content (AvgIpc) is 2.37. The standard InChI is InChI=1S/C14H19NO3/c1-9-7-11(13(18-4)8-10(9)2)12(16)5-6-14(17)15-3/h7-8H,5-6H2,1-4H3,(H,15,17). The van der Waals surface area contributed by atoms with Crippen molar-refractivity contribution in [3.05, 3.63) is 28.8 Å². The fourth-order valence-electron chi connectivity index (χ4n) is 1.66. The monoisotopic (exact) mass is 249 g/mol. The lowest BCUT2D eigenvalue weighted by Gasteiger charge is -2.10. The van der Waals surface area contributed by atoms with Crippen LogP contribution in [0.25, 0.3) is 0 Å². The molecule has 1 N–H and O–H groups in total. The first kappa shape index (κ1) is 14.2. The lowest BCUT2D eigenvalue weighted by Crippen LogP contribution is -2.18. The highest BCUT2D eigenvalue weighted by atomic mass is 16.5. The molecule has 0 radical (unpaired) electrons. The van der Waals surface area contributed by atoms with Crippen molar-refractivity contribution >= 4 is 11.7 Å². The molecule has 0 aliphatic heterocycles. The number of methoxy groups -OCH3 is 1. The first-order valence-corrected chi connectivity index (χ1v) is 5.88. The molecular formula is C14H19NO3.